The lowest BCUT2D eigenvalue weighted by molar-refractivity contribution is -0.135. The monoisotopic (exact) mass is 214 g/mol. The van der Waals surface area contributed by atoms with Crippen LogP contribution in [0.15, 0.2) is 0 Å². The lowest BCUT2D eigenvalue weighted by atomic mass is 9.97. The zero-order valence-corrected chi connectivity index (χ0v) is 10.2. The predicted octanol–water partition coefficient (Wildman–Crippen LogP) is 0.310. The maximum absolute atomic E-state index is 12.0. The summed E-state index contributed by atoms with van der Waals surface area (Å²) in [5, 5.41) is 9.00. The summed E-state index contributed by atoms with van der Waals surface area (Å²) in [5.74, 6) is 0.122. The number of carbonyl (C=O) groups excluding carboxylic acids is 1. The molecule has 0 aliphatic carbocycles. The van der Waals surface area contributed by atoms with E-state index in [0.29, 0.717) is 6.42 Å². The molecule has 1 unspecified atom stereocenters. The minimum absolute atomic E-state index is 0.0141. The third-order valence-corrected chi connectivity index (χ3v) is 3.55. The Kier molecular flexibility index (Phi) is 3.73. The van der Waals surface area contributed by atoms with Crippen molar-refractivity contribution in [3.8, 4) is 0 Å². The van der Waals surface area contributed by atoms with E-state index in [1.165, 1.54) is 0 Å². The average molecular weight is 214 g/mol. The van der Waals surface area contributed by atoms with Crippen molar-refractivity contribution >= 4 is 5.91 Å². The Labute approximate surface area is 91.9 Å². The number of aliphatic hydroxyl groups excluding tert-OH is 1. The van der Waals surface area contributed by atoms with Gasteiger partial charge in [-0.2, -0.15) is 0 Å². The summed E-state index contributed by atoms with van der Waals surface area (Å²) in [7, 11) is 3.80. The van der Waals surface area contributed by atoms with Gasteiger partial charge >= 0.3 is 0 Å². The summed E-state index contributed by atoms with van der Waals surface area (Å²) in [6, 6.07) is -0.183. The van der Waals surface area contributed by atoms with Gasteiger partial charge in [0.1, 0.15) is 0 Å². The molecule has 4 nitrogen and oxygen atoms in total. The number of carbonyl (C=O) groups is 1. The normalized spacial score (nSPS) is 27.9. The van der Waals surface area contributed by atoms with Crippen LogP contribution >= 0.6 is 0 Å². The first-order valence-corrected chi connectivity index (χ1v) is 5.49. The number of rotatable bonds is 2. The number of nitrogens with zero attached hydrogens (tertiary/aromatic N) is 2. The maximum Gasteiger partial charge on any atom is 0.239 e. The molecule has 0 bridgehead atoms. The Morgan fingerprint density at radius 2 is 2.07 bits per heavy atom. The molecule has 1 saturated heterocycles. The van der Waals surface area contributed by atoms with E-state index in [1.54, 1.807) is 4.90 Å². The zero-order valence-electron chi connectivity index (χ0n) is 10.2. The van der Waals surface area contributed by atoms with Crippen LogP contribution in [0.3, 0.4) is 0 Å². The Balaban J connectivity index is 2.91. The quantitative estimate of drug-likeness (QED) is 0.719. The van der Waals surface area contributed by atoms with Crippen LogP contribution in [0.1, 0.15) is 26.7 Å². The SMILES string of the molecule is CN1CCC(C)(C)N(C)C(CCO)C1=O. The van der Waals surface area contributed by atoms with Gasteiger partial charge in [-0.25, -0.2) is 0 Å². The lowest BCUT2D eigenvalue weighted by Crippen LogP contribution is -2.50. The first kappa shape index (κ1) is 12.5. The number of likely N-dealkylation sites (N-methyl/N-ethyl adjacent to an activating group) is 2. The van der Waals surface area contributed by atoms with Crippen molar-refractivity contribution in [2.24, 2.45) is 0 Å². The number of aliphatic hydroxyl groups is 1. The van der Waals surface area contributed by atoms with Gasteiger partial charge in [-0.3, -0.25) is 9.69 Å². The zero-order chi connectivity index (χ0) is 11.6. The number of amides is 1. The summed E-state index contributed by atoms with van der Waals surface area (Å²) in [5.41, 5.74) is 0.0141. The van der Waals surface area contributed by atoms with Crippen molar-refractivity contribution < 1.29 is 9.90 Å². The van der Waals surface area contributed by atoms with Gasteiger partial charge < -0.3 is 10.0 Å². The number of hydrogen-bond donors (Lipinski definition) is 1. The summed E-state index contributed by atoms with van der Waals surface area (Å²) < 4.78 is 0. The highest BCUT2D eigenvalue weighted by molar-refractivity contribution is 5.82. The first-order chi connectivity index (χ1) is 6.90. The van der Waals surface area contributed by atoms with Crippen LogP contribution in [0.5, 0.6) is 0 Å². The fraction of sp³-hybridized carbons (Fsp3) is 0.909. The predicted molar refractivity (Wildman–Crippen MR) is 59.6 cm³/mol. The maximum atomic E-state index is 12.0. The molecule has 0 spiro atoms. The van der Waals surface area contributed by atoms with Crippen LogP contribution in [-0.2, 0) is 4.79 Å². The van der Waals surface area contributed by atoms with E-state index >= 15 is 0 Å². The molecular formula is C11H22N2O2. The Bertz CT molecular complexity index is 241. The highest BCUT2D eigenvalue weighted by Crippen LogP contribution is 2.25. The van der Waals surface area contributed by atoms with E-state index in [4.69, 9.17) is 5.11 Å². The van der Waals surface area contributed by atoms with Crippen LogP contribution in [0, 0.1) is 0 Å². The van der Waals surface area contributed by atoms with Gasteiger partial charge in [0.25, 0.3) is 0 Å². The molecule has 88 valence electrons. The Morgan fingerprint density at radius 1 is 1.47 bits per heavy atom. The summed E-state index contributed by atoms with van der Waals surface area (Å²) >= 11 is 0. The van der Waals surface area contributed by atoms with Gasteiger partial charge in [0.2, 0.25) is 5.91 Å². The third kappa shape index (κ3) is 2.49. The molecular weight excluding hydrogens is 192 g/mol. The van der Waals surface area contributed by atoms with Gasteiger partial charge in [-0.15, -0.1) is 0 Å². The topological polar surface area (TPSA) is 43.8 Å². The molecule has 0 saturated carbocycles. The van der Waals surface area contributed by atoms with Crippen LogP contribution < -0.4 is 0 Å². The average Bonchev–Trinajstić information content (AvgIpc) is 2.25. The molecule has 15 heavy (non-hydrogen) atoms. The van der Waals surface area contributed by atoms with Crippen LogP contribution in [0.4, 0.5) is 0 Å². The van der Waals surface area contributed by atoms with Crippen molar-refractivity contribution in [2.75, 3.05) is 27.2 Å². The fourth-order valence-electron chi connectivity index (χ4n) is 2.01. The molecule has 4 heteroatoms. The second-order valence-electron chi connectivity index (χ2n) is 4.96. The molecule has 0 aromatic heterocycles. The van der Waals surface area contributed by atoms with Gasteiger partial charge in [0.05, 0.1) is 6.04 Å². The minimum atomic E-state index is -0.183. The molecule has 1 aliphatic heterocycles. The third-order valence-electron chi connectivity index (χ3n) is 3.55. The van der Waals surface area contributed by atoms with Gasteiger partial charge in [0, 0.05) is 25.7 Å². The second kappa shape index (κ2) is 4.49. The van der Waals surface area contributed by atoms with Crippen LogP contribution in [0.2, 0.25) is 0 Å². The van der Waals surface area contributed by atoms with Crippen LogP contribution in [-0.4, -0.2) is 59.6 Å². The van der Waals surface area contributed by atoms with Gasteiger partial charge in [-0.1, -0.05) is 0 Å². The van der Waals surface area contributed by atoms with E-state index < -0.39 is 0 Å². The van der Waals surface area contributed by atoms with Crippen molar-refractivity contribution in [3.05, 3.63) is 0 Å². The van der Waals surface area contributed by atoms with Crippen molar-refractivity contribution in [1.29, 1.82) is 0 Å². The highest BCUT2D eigenvalue weighted by atomic mass is 16.3. The molecule has 1 rings (SSSR count). The van der Waals surface area contributed by atoms with E-state index in [9.17, 15) is 4.79 Å². The number of hydrogen-bond acceptors (Lipinski definition) is 3. The summed E-state index contributed by atoms with van der Waals surface area (Å²) in [6.07, 6.45) is 1.48. The molecule has 1 amide bonds. The minimum Gasteiger partial charge on any atom is -0.396 e. The van der Waals surface area contributed by atoms with E-state index in [0.717, 1.165) is 13.0 Å². The van der Waals surface area contributed by atoms with E-state index in [2.05, 4.69) is 18.7 Å². The van der Waals surface area contributed by atoms with Gasteiger partial charge in [0.15, 0.2) is 0 Å². The van der Waals surface area contributed by atoms with Crippen molar-refractivity contribution in [2.45, 2.75) is 38.3 Å². The standard InChI is InChI=1S/C11H22N2O2/c1-11(2)6-7-12(3)10(15)9(5-8-14)13(11)4/h9,14H,5-8H2,1-4H3. The highest BCUT2D eigenvalue weighted by Gasteiger charge is 2.37. The van der Waals surface area contributed by atoms with E-state index in [-0.39, 0.29) is 24.1 Å². The van der Waals surface area contributed by atoms with Crippen LogP contribution in [0.25, 0.3) is 0 Å². The molecule has 1 heterocycles. The van der Waals surface area contributed by atoms with Crippen molar-refractivity contribution in [1.82, 2.24) is 9.80 Å². The van der Waals surface area contributed by atoms with Gasteiger partial charge in [-0.05, 0) is 33.7 Å². The molecule has 1 fully saturated rings. The molecule has 0 aromatic rings. The van der Waals surface area contributed by atoms with E-state index in [1.807, 2.05) is 14.1 Å². The summed E-state index contributed by atoms with van der Waals surface area (Å²) in [6.45, 7) is 5.14. The first-order valence-electron chi connectivity index (χ1n) is 5.49. The van der Waals surface area contributed by atoms with Crippen molar-refractivity contribution in [3.63, 3.8) is 0 Å². The largest absolute Gasteiger partial charge is 0.396 e. The summed E-state index contributed by atoms with van der Waals surface area (Å²) in [4.78, 5) is 15.9. The molecule has 1 atom stereocenters. The Morgan fingerprint density at radius 3 is 2.60 bits per heavy atom. The fourth-order valence-corrected chi connectivity index (χ4v) is 2.01. The molecule has 1 N–H and O–H groups in total. The lowest BCUT2D eigenvalue weighted by Gasteiger charge is -2.37. The molecule has 1 aliphatic rings. The second-order valence-corrected chi connectivity index (χ2v) is 4.96. The smallest absolute Gasteiger partial charge is 0.239 e. The molecule has 0 radical (unpaired) electrons. The Hall–Kier alpha value is -0.610. The molecule has 0 aromatic carbocycles.